The molecule has 170 valence electrons. The number of piperidine rings is 1. The van der Waals surface area contributed by atoms with Crippen molar-refractivity contribution >= 4 is 15.8 Å². The summed E-state index contributed by atoms with van der Waals surface area (Å²) in [6, 6.07) is 10.6. The molecule has 0 spiro atoms. The number of rotatable bonds is 5. The normalized spacial score (nSPS) is 15.0. The van der Waals surface area contributed by atoms with Crippen LogP contribution in [0.4, 0.5) is 13.2 Å². The van der Waals surface area contributed by atoms with Gasteiger partial charge in [0.15, 0.2) is 9.84 Å². The lowest BCUT2D eigenvalue weighted by Crippen LogP contribution is -2.30. The first-order valence-corrected chi connectivity index (χ1v) is 11.3. The van der Waals surface area contributed by atoms with E-state index >= 15 is 0 Å². The second kappa shape index (κ2) is 10.6. The quantitative estimate of drug-likeness (QED) is 0.706. The van der Waals surface area contributed by atoms with Gasteiger partial charge in [-0.3, -0.25) is 4.98 Å². The number of nitrogens with zero attached hydrogens (tertiary/aromatic N) is 1. The van der Waals surface area contributed by atoms with Crippen molar-refractivity contribution < 1.29 is 36.2 Å². The number of sulfone groups is 1. The predicted octanol–water partition coefficient (Wildman–Crippen LogP) is 3.16. The minimum absolute atomic E-state index is 0.313. The molecular weight excluding hydrogens is 437 g/mol. The third-order valence-electron chi connectivity index (χ3n) is 4.50. The fourth-order valence-electron chi connectivity index (χ4n) is 2.77. The summed E-state index contributed by atoms with van der Waals surface area (Å²) in [4.78, 5) is 13.6. The number of hydrogen-bond acceptors (Lipinski definition) is 6. The Morgan fingerprint density at radius 2 is 1.74 bits per heavy atom. The van der Waals surface area contributed by atoms with Gasteiger partial charge in [0, 0.05) is 11.8 Å². The maximum absolute atomic E-state index is 11.5. The van der Waals surface area contributed by atoms with E-state index in [1.54, 1.807) is 30.5 Å². The molecule has 2 heterocycles. The molecule has 7 nitrogen and oxygen atoms in total. The average molecular weight is 460 g/mol. The van der Waals surface area contributed by atoms with E-state index in [1.807, 2.05) is 12.1 Å². The number of ether oxygens (including phenoxy) is 1. The molecule has 1 fully saturated rings. The third-order valence-corrected chi connectivity index (χ3v) is 5.63. The van der Waals surface area contributed by atoms with Gasteiger partial charge in [-0.15, -0.1) is 0 Å². The lowest BCUT2D eigenvalue weighted by Gasteiger charge is -2.22. The fraction of sp³-hybridized carbons (Fsp3) is 0.400. The Kier molecular flexibility index (Phi) is 8.40. The molecule has 0 unspecified atom stereocenters. The van der Waals surface area contributed by atoms with E-state index in [4.69, 9.17) is 14.6 Å². The Morgan fingerprint density at radius 3 is 2.19 bits per heavy atom. The van der Waals surface area contributed by atoms with E-state index in [-0.39, 0.29) is 0 Å². The molecule has 0 atom stereocenters. The highest BCUT2D eigenvalue weighted by molar-refractivity contribution is 7.90. The molecule has 1 aliphatic heterocycles. The highest BCUT2D eigenvalue weighted by Gasteiger charge is 2.38. The lowest BCUT2D eigenvalue weighted by atomic mass is 9.99. The molecule has 0 aliphatic carbocycles. The van der Waals surface area contributed by atoms with Gasteiger partial charge in [0.25, 0.3) is 0 Å². The molecule has 0 radical (unpaired) electrons. The first-order valence-electron chi connectivity index (χ1n) is 9.37. The first kappa shape index (κ1) is 24.6. The van der Waals surface area contributed by atoms with Gasteiger partial charge >= 0.3 is 12.1 Å². The number of carboxylic acids is 1. The molecule has 3 rings (SSSR count). The summed E-state index contributed by atoms with van der Waals surface area (Å²) in [7, 11) is -3.17. The number of carboxylic acid groups (broad SMARTS) is 1. The monoisotopic (exact) mass is 460 g/mol. The van der Waals surface area contributed by atoms with Crippen LogP contribution in [0.1, 0.15) is 12.8 Å². The molecule has 11 heteroatoms. The van der Waals surface area contributed by atoms with Gasteiger partial charge in [0.05, 0.1) is 23.4 Å². The molecule has 1 saturated heterocycles. The minimum Gasteiger partial charge on any atom is -0.492 e. The van der Waals surface area contributed by atoms with E-state index in [1.165, 1.54) is 6.26 Å². The van der Waals surface area contributed by atoms with Crippen LogP contribution in [0.15, 0.2) is 47.5 Å². The van der Waals surface area contributed by atoms with Crippen molar-refractivity contribution in [1.82, 2.24) is 10.3 Å². The molecule has 31 heavy (non-hydrogen) atoms. The van der Waals surface area contributed by atoms with Gasteiger partial charge in [-0.05, 0) is 56.1 Å². The maximum atomic E-state index is 11.5. The van der Waals surface area contributed by atoms with E-state index in [0.717, 1.165) is 49.5 Å². The second-order valence-electron chi connectivity index (χ2n) is 6.98. The second-order valence-corrected chi connectivity index (χ2v) is 9.00. The zero-order valence-electron chi connectivity index (χ0n) is 16.7. The van der Waals surface area contributed by atoms with Crippen LogP contribution in [-0.4, -0.2) is 56.6 Å². The Morgan fingerprint density at radius 1 is 1.16 bits per heavy atom. The first-order chi connectivity index (χ1) is 14.5. The molecule has 1 aliphatic rings. The number of aliphatic carboxylic acids is 1. The molecule has 1 aromatic carbocycles. The van der Waals surface area contributed by atoms with Crippen molar-refractivity contribution in [3.05, 3.63) is 42.6 Å². The number of carbonyl (C=O) groups is 1. The maximum Gasteiger partial charge on any atom is 0.490 e. The van der Waals surface area contributed by atoms with Gasteiger partial charge in [0.2, 0.25) is 0 Å². The molecule has 0 amide bonds. The number of nitrogens with one attached hydrogen (secondary N) is 1. The van der Waals surface area contributed by atoms with Crippen molar-refractivity contribution in [3.63, 3.8) is 0 Å². The zero-order valence-corrected chi connectivity index (χ0v) is 17.5. The van der Waals surface area contributed by atoms with Crippen LogP contribution in [0.25, 0.3) is 11.3 Å². The van der Waals surface area contributed by atoms with Crippen LogP contribution in [0.5, 0.6) is 5.75 Å². The number of aromatic nitrogens is 1. The highest BCUT2D eigenvalue weighted by Crippen LogP contribution is 2.22. The minimum atomic E-state index is -5.08. The smallest absolute Gasteiger partial charge is 0.490 e. The van der Waals surface area contributed by atoms with Gasteiger partial charge in [-0.1, -0.05) is 12.1 Å². The number of benzene rings is 1. The number of hydrogen-bond donors (Lipinski definition) is 2. The van der Waals surface area contributed by atoms with Crippen molar-refractivity contribution in [2.24, 2.45) is 5.92 Å². The molecule has 2 aromatic rings. The van der Waals surface area contributed by atoms with Crippen molar-refractivity contribution in [2.75, 3.05) is 26.0 Å². The summed E-state index contributed by atoms with van der Waals surface area (Å²) in [5.41, 5.74) is 1.68. The van der Waals surface area contributed by atoms with E-state index in [9.17, 15) is 21.6 Å². The summed E-state index contributed by atoms with van der Waals surface area (Å²) >= 11 is 0. The summed E-state index contributed by atoms with van der Waals surface area (Å²) in [5, 5.41) is 10.5. The lowest BCUT2D eigenvalue weighted by molar-refractivity contribution is -0.192. The number of alkyl halides is 3. The van der Waals surface area contributed by atoms with Crippen LogP contribution in [0, 0.1) is 5.92 Å². The Bertz CT molecular complexity index is 956. The summed E-state index contributed by atoms with van der Waals surface area (Å²) in [6.45, 7) is 2.86. The average Bonchev–Trinajstić information content (AvgIpc) is 2.73. The van der Waals surface area contributed by atoms with Crippen LogP contribution in [0.2, 0.25) is 0 Å². The third kappa shape index (κ3) is 8.18. The van der Waals surface area contributed by atoms with Gasteiger partial charge in [-0.2, -0.15) is 13.2 Å². The largest absolute Gasteiger partial charge is 0.492 e. The summed E-state index contributed by atoms with van der Waals surface area (Å²) < 4.78 is 60.5. The van der Waals surface area contributed by atoms with Crippen LogP contribution in [-0.2, 0) is 14.6 Å². The van der Waals surface area contributed by atoms with E-state index in [2.05, 4.69) is 10.3 Å². The van der Waals surface area contributed by atoms with Crippen molar-refractivity contribution in [1.29, 1.82) is 0 Å². The Balaban J connectivity index is 0.000000423. The molecule has 2 N–H and O–H groups in total. The standard InChI is InChI=1S/C18H22N2O3S.C2HF3O2/c1-24(21,22)17-5-2-15(3-6-17)18-7-4-16(12-20-18)23-13-14-8-10-19-11-9-14;3-2(4,5)1(6)7/h2-7,12,14,19H,8-11,13H2,1H3;(H,6,7). The fourth-order valence-corrected chi connectivity index (χ4v) is 3.40. The number of pyridine rings is 1. The summed E-state index contributed by atoms with van der Waals surface area (Å²) in [5.74, 6) is -1.38. The highest BCUT2D eigenvalue weighted by atomic mass is 32.2. The van der Waals surface area contributed by atoms with Crippen molar-refractivity contribution in [3.8, 4) is 17.0 Å². The molecule has 0 bridgehead atoms. The molecule has 0 saturated carbocycles. The Labute approximate surface area is 178 Å². The predicted molar refractivity (Wildman–Crippen MR) is 108 cm³/mol. The Hall–Kier alpha value is -2.66. The van der Waals surface area contributed by atoms with E-state index < -0.39 is 22.0 Å². The summed E-state index contributed by atoms with van der Waals surface area (Å²) in [6.07, 6.45) is 0.145. The molecule has 1 aromatic heterocycles. The van der Waals surface area contributed by atoms with Crippen LogP contribution >= 0.6 is 0 Å². The zero-order chi connectivity index (χ0) is 23.1. The number of halogens is 3. The topological polar surface area (TPSA) is 106 Å². The van der Waals surface area contributed by atoms with Crippen molar-refractivity contribution in [2.45, 2.75) is 23.9 Å². The van der Waals surface area contributed by atoms with Crippen LogP contribution < -0.4 is 10.1 Å². The van der Waals surface area contributed by atoms with E-state index in [0.29, 0.717) is 10.8 Å². The van der Waals surface area contributed by atoms with Gasteiger partial charge in [-0.25, -0.2) is 13.2 Å². The van der Waals surface area contributed by atoms with Gasteiger partial charge < -0.3 is 15.2 Å². The molecular formula is C20H23F3N2O5S. The van der Waals surface area contributed by atoms with Crippen LogP contribution in [0.3, 0.4) is 0 Å². The van der Waals surface area contributed by atoms with Gasteiger partial charge in [0.1, 0.15) is 5.75 Å². The SMILES string of the molecule is CS(=O)(=O)c1ccc(-c2ccc(OCC3CCNCC3)cn2)cc1.O=C(O)C(F)(F)F.